The van der Waals surface area contributed by atoms with E-state index in [-0.39, 0.29) is 0 Å². The molecule has 1 aromatic rings. The highest BCUT2D eigenvalue weighted by molar-refractivity contribution is 5.21. The molecule has 2 rings (SSSR count). The van der Waals surface area contributed by atoms with Crippen LogP contribution in [0.1, 0.15) is 25.1 Å². The van der Waals surface area contributed by atoms with E-state index in [2.05, 4.69) is 35.5 Å². The molecule has 0 atom stereocenters. The summed E-state index contributed by atoms with van der Waals surface area (Å²) in [5, 5.41) is 4.41. The molecule has 1 aliphatic heterocycles. The Balaban J connectivity index is 2.15. The smallest absolute Gasteiger partial charge is 0.0830 e. The van der Waals surface area contributed by atoms with Crippen molar-refractivity contribution in [3.05, 3.63) is 17.5 Å². The Kier molecular flexibility index (Phi) is 2.00. The Morgan fingerprint density at radius 3 is 2.77 bits per heavy atom. The Morgan fingerprint density at radius 2 is 2.23 bits per heavy atom. The second-order valence-electron chi connectivity index (χ2n) is 3.77. The van der Waals surface area contributed by atoms with Gasteiger partial charge in [0, 0.05) is 31.7 Å². The fourth-order valence-electron chi connectivity index (χ4n) is 1.66. The molecule has 0 spiro atoms. The lowest BCUT2D eigenvalue weighted by Gasteiger charge is -2.19. The first kappa shape index (κ1) is 8.56. The largest absolute Gasteiger partial charge is 0.313 e. The first-order valence-corrected chi connectivity index (χ1v) is 4.70. The molecule has 1 aliphatic rings. The summed E-state index contributed by atoms with van der Waals surface area (Å²) in [6.45, 7) is 6.46. The Labute approximate surface area is 78.5 Å². The van der Waals surface area contributed by atoms with Crippen LogP contribution in [-0.2, 0) is 13.1 Å². The van der Waals surface area contributed by atoms with Crippen molar-refractivity contribution in [3.63, 3.8) is 0 Å². The van der Waals surface area contributed by atoms with Gasteiger partial charge in [0.1, 0.15) is 0 Å². The summed E-state index contributed by atoms with van der Waals surface area (Å²) in [5.74, 6) is 0. The number of hydrogen-bond acceptors (Lipinski definition) is 3. The van der Waals surface area contributed by atoms with Crippen molar-refractivity contribution in [2.75, 3.05) is 12.5 Å². The molecule has 0 fully saturated rings. The number of nitrogens with one attached hydrogen (secondary N) is 1. The normalized spacial score (nSPS) is 16.6. The first-order chi connectivity index (χ1) is 6.20. The molecule has 0 amide bonds. The van der Waals surface area contributed by atoms with Crippen LogP contribution in [0.3, 0.4) is 0 Å². The zero-order valence-electron chi connectivity index (χ0n) is 8.41. The first-order valence-electron chi connectivity index (χ1n) is 4.70. The van der Waals surface area contributed by atoms with Gasteiger partial charge in [0.15, 0.2) is 0 Å². The Bertz CT molecular complexity index is 279. The van der Waals surface area contributed by atoms with E-state index in [1.165, 1.54) is 11.3 Å². The van der Waals surface area contributed by atoms with E-state index in [0.717, 1.165) is 13.1 Å². The van der Waals surface area contributed by atoms with Gasteiger partial charge in [-0.25, -0.2) is 0 Å². The van der Waals surface area contributed by atoms with Crippen molar-refractivity contribution in [2.45, 2.75) is 33.0 Å². The lowest BCUT2D eigenvalue weighted by atomic mass is 10.3. The van der Waals surface area contributed by atoms with Crippen molar-refractivity contribution >= 4 is 0 Å². The molecule has 0 bridgehead atoms. The zero-order valence-corrected chi connectivity index (χ0v) is 8.41. The predicted octanol–water partition coefficient (Wildman–Crippen LogP) is 0.780. The van der Waals surface area contributed by atoms with Crippen molar-refractivity contribution in [1.29, 1.82) is 0 Å². The van der Waals surface area contributed by atoms with Gasteiger partial charge in [-0.3, -0.25) is 4.90 Å². The molecular formula is C9H16N4. The van der Waals surface area contributed by atoms with Gasteiger partial charge in [-0.05, 0) is 13.8 Å². The maximum absolute atomic E-state index is 4.41. The van der Waals surface area contributed by atoms with Crippen LogP contribution in [0.15, 0.2) is 6.20 Å². The predicted molar refractivity (Wildman–Crippen MR) is 51.9 cm³/mol. The van der Waals surface area contributed by atoms with E-state index in [1.54, 1.807) is 4.79 Å². The number of rotatable bonds is 2. The summed E-state index contributed by atoms with van der Waals surface area (Å²) in [6.07, 6.45) is 2.07. The average molecular weight is 180 g/mol. The molecule has 2 heterocycles. The molecule has 0 radical (unpaired) electrons. The molecule has 13 heavy (non-hydrogen) atoms. The number of nitrogens with zero attached hydrogens (tertiary/aromatic N) is 3. The van der Waals surface area contributed by atoms with E-state index in [4.69, 9.17) is 0 Å². The molecule has 72 valence electrons. The van der Waals surface area contributed by atoms with Crippen LogP contribution in [-0.4, -0.2) is 27.9 Å². The van der Waals surface area contributed by atoms with Crippen molar-refractivity contribution in [2.24, 2.45) is 0 Å². The van der Waals surface area contributed by atoms with Gasteiger partial charge in [0.2, 0.25) is 0 Å². The van der Waals surface area contributed by atoms with E-state index in [1.807, 2.05) is 7.05 Å². The fraction of sp³-hybridized carbons (Fsp3) is 0.667. The van der Waals surface area contributed by atoms with Crippen LogP contribution in [0.25, 0.3) is 0 Å². The molecule has 4 nitrogen and oxygen atoms in total. The summed E-state index contributed by atoms with van der Waals surface area (Å²) < 4.78 is 0. The van der Waals surface area contributed by atoms with E-state index < -0.39 is 0 Å². The van der Waals surface area contributed by atoms with Crippen molar-refractivity contribution in [3.8, 4) is 0 Å². The molecule has 4 heteroatoms. The summed E-state index contributed by atoms with van der Waals surface area (Å²) in [7, 11) is 1.88. The molecule has 1 N–H and O–H groups in total. The maximum atomic E-state index is 4.41. The minimum atomic E-state index is 0.609. The standard InChI is InChI=1S/C9H16N4/c1-7(2)12-4-8-5-13(10-3)11-9(8)6-12/h5,7,10H,4,6H2,1-3H3. The second-order valence-corrected chi connectivity index (χ2v) is 3.77. The molecule has 0 aliphatic carbocycles. The van der Waals surface area contributed by atoms with Crippen LogP contribution in [0.2, 0.25) is 0 Å². The van der Waals surface area contributed by atoms with E-state index in [0.29, 0.717) is 6.04 Å². The van der Waals surface area contributed by atoms with Crippen molar-refractivity contribution in [1.82, 2.24) is 14.8 Å². The number of hydrogen-bond donors (Lipinski definition) is 1. The fourth-order valence-corrected chi connectivity index (χ4v) is 1.66. The lowest BCUT2D eigenvalue weighted by molar-refractivity contribution is 0.224. The van der Waals surface area contributed by atoms with Gasteiger partial charge in [-0.2, -0.15) is 9.89 Å². The highest BCUT2D eigenvalue weighted by atomic mass is 15.5. The second kappa shape index (κ2) is 3.03. The van der Waals surface area contributed by atoms with Gasteiger partial charge >= 0.3 is 0 Å². The number of aromatic nitrogens is 2. The Morgan fingerprint density at radius 1 is 1.46 bits per heavy atom. The average Bonchev–Trinajstić information content (AvgIpc) is 2.58. The molecule has 0 aromatic carbocycles. The highest BCUT2D eigenvalue weighted by Gasteiger charge is 2.23. The van der Waals surface area contributed by atoms with Gasteiger partial charge < -0.3 is 5.43 Å². The summed E-state index contributed by atoms with van der Waals surface area (Å²) >= 11 is 0. The molecular weight excluding hydrogens is 164 g/mol. The molecule has 0 saturated carbocycles. The minimum absolute atomic E-state index is 0.609. The molecule has 0 saturated heterocycles. The van der Waals surface area contributed by atoms with Crippen LogP contribution in [0, 0.1) is 0 Å². The third kappa shape index (κ3) is 1.42. The SMILES string of the molecule is CNn1cc2c(n1)CN(C(C)C)C2. The van der Waals surface area contributed by atoms with Crippen LogP contribution in [0.5, 0.6) is 0 Å². The lowest BCUT2D eigenvalue weighted by Crippen LogP contribution is -2.25. The Hall–Kier alpha value is -1.03. The molecule has 1 aromatic heterocycles. The van der Waals surface area contributed by atoms with Crippen LogP contribution >= 0.6 is 0 Å². The summed E-state index contributed by atoms with van der Waals surface area (Å²) in [5.41, 5.74) is 5.55. The quantitative estimate of drug-likeness (QED) is 0.730. The summed E-state index contributed by atoms with van der Waals surface area (Å²) in [6, 6.07) is 0.609. The van der Waals surface area contributed by atoms with Gasteiger partial charge in [0.25, 0.3) is 0 Å². The van der Waals surface area contributed by atoms with Crippen molar-refractivity contribution < 1.29 is 0 Å². The monoisotopic (exact) mass is 180 g/mol. The maximum Gasteiger partial charge on any atom is 0.0830 e. The third-order valence-corrected chi connectivity index (χ3v) is 2.56. The van der Waals surface area contributed by atoms with E-state index >= 15 is 0 Å². The van der Waals surface area contributed by atoms with E-state index in [9.17, 15) is 0 Å². The third-order valence-electron chi connectivity index (χ3n) is 2.56. The van der Waals surface area contributed by atoms with Gasteiger partial charge in [-0.1, -0.05) is 0 Å². The van der Waals surface area contributed by atoms with Crippen LogP contribution < -0.4 is 5.43 Å². The van der Waals surface area contributed by atoms with Crippen LogP contribution in [0.4, 0.5) is 0 Å². The highest BCUT2D eigenvalue weighted by Crippen LogP contribution is 2.22. The number of fused-ring (bicyclic) bond motifs is 1. The molecule has 0 unspecified atom stereocenters. The van der Waals surface area contributed by atoms with Gasteiger partial charge in [0.05, 0.1) is 11.9 Å². The minimum Gasteiger partial charge on any atom is -0.313 e. The zero-order chi connectivity index (χ0) is 9.42. The topological polar surface area (TPSA) is 33.1 Å². The summed E-state index contributed by atoms with van der Waals surface area (Å²) in [4.78, 5) is 4.19. The van der Waals surface area contributed by atoms with Gasteiger partial charge in [-0.15, -0.1) is 0 Å².